The average Bonchev–Trinajstić information content (AvgIpc) is 3.47. The van der Waals surface area contributed by atoms with Crippen LogP contribution in [0.1, 0.15) is 41.5 Å². The Hall–Kier alpha value is -2.62. The molecule has 0 radical (unpaired) electrons. The molecule has 2 aromatic rings. The molecule has 0 spiro atoms. The standard InChI is InChI=1S/C23H22N2O2/c1-3-7-18-14(5-1)12-26-22(18)24-20-10-17-9-16(20)11-21(17)25-23-19-8-4-2-6-15(19)13-27-23/h1-8,16-17,20-21H,9-13H2/t16-,17-,20-,21-/m0/s1. The fourth-order valence-corrected chi connectivity index (χ4v) is 5.20. The Labute approximate surface area is 158 Å². The molecule has 4 heteroatoms. The van der Waals surface area contributed by atoms with Crippen LogP contribution in [0.3, 0.4) is 0 Å². The van der Waals surface area contributed by atoms with Gasteiger partial charge >= 0.3 is 0 Å². The van der Waals surface area contributed by atoms with Crippen LogP contribution in [0.2, 0.25) is 0 Å². The lowest BCUT2D eigenvalue weighted by Crippen LogP contribution is -2.25. The zero-order valence-electron chi connectivity index (χ0n) is 15.2. The van der Waals surface area contributed by atoms with Crippen LogP contribution in [-0.4, -0.2) is 23.9 Å². The molecule has 4 aliphatic rings. The van der Waals surface area contributed by atoms with E-state index in [9.17, 15) is 0 Å². The number of benzene rings is 2. The summed E-state index contributed by atoms with van der Waals surface area (Å²) in [6.07, 6.45) is 3.46. The lowest BCUT2D eigenvalue weighted by Gasteiger charge is -2.23. The van der Waals surface area contributed by atoms with Gasteiger partial charge in [-0.3, -0.25) is 0 Å². The summed E-state index contributed by atoms with van der Waals surface area (Å²) in [5.41, 5.74) is 4.85. The van der Waals surface area contributed by atoms with Gasteiger partial charge < -0.3 is 9.47 Å². The van der Waals surface area contributed by atoms with E-state index in [1.54, 1.807) is 0 Å². The summed E-state index contributed by atoms with van der Waals surface area (Å²) in [5.74, 6) is 2.92. The zero-order chi connectivity index (χ0) is 17.8. The lowest BCUT2D eigenvalue weighted by atomic mass is 9.91. The Bertz CT molecular complexity index is 887. The molecule has 2 aliphatic carbocycles. The van der Waals surface area contributed by atoms with Crippen LogP contribution in [0.4, 0.5) is 0 Å². The molecule has 0 N–H and O–H groups in total. The highest BCUT2D eigenvalue weighted by molar-refractivity contribution is 5.98. The molecule has 0 saturated heterocycles. The maximum Gasteiger partial charge on any atom is 0.217 e. The first-order valence-electron chi connectivity index (χ1n) is 9.93. The molecular formula is C23H22N2O2. The maximum atomic E-state index is 5.87. The summed E-state index contributed by atoms with van der Waals surface area (Å²) < 4.78 is 11.7. The van der Waals surface area contributed by atoms with E-state index in [2.05, 4.69) is 48.5 Å². The second kappa shape index (κ2) is 5.95. The first kappa shape index (κ1) is 15.4. The van der Waals surface area contributed by atoms with Gasteiger partial charge in [0, 0.05) is 22.3 Å². The number of fused-ring (bicyclic) bond motifs is 4. The van der Waals surface area contributed by atoms with Gasteiger partial charge in [-0.05, 0) is 43.2 Å². The Kier molecular flexibility index (Phi) is 3.40. The van der Waals surface area contributed by atoms with E-state index in [1.165, 1.54) is 28.7 Å². The predicted molar refractivity (Wildman–Crippen MR) is 104 cm³/mol. The van der Waals surface area contributed by atoms with Crippen molar-refractivity contribution in [2.75, 3.05) is 0 Å². The highest BCUT2D eigenvalue weighted by Crippen LogP contribution is 2.48. The van der Waals surface area contributed by atoms with Gasteiger partial charge in [-0.25, -0.2) is 9.98 Å². The molecule has 0 unspecified atom stereocenters. The number of aliphatic imine (C=N–C) groups is 2. The molecule has 0 aromatic heterocycles. The fourth-order valence-electron chi connectivity index (χ4n) is 5.20. The molecule has 27 heavy (non-hydrogen) atoms. The van der Waals surface area contributed by atoms with E-state index in [0.717, 1.165) is 24.6 Å². The Morgan fingerprint density at radius 2 is 1.11 bits per heavy atom. The second-order valence-electron chi connectivity index (χ2n) is 8.12. The molecule has 2 aliphatic heterocycles. The van der Waals surface area contributed by atoms with Crippen molar-refractivity contribution in [3.63, 3.8) is 0 Å². The van der Waals surface area contributed by atoms with Crippen LogP contribution in [0.25, 0.3) is 0 Å². The molecule has 2 fully saturated rings. The topological polar surface area (TPSA) is 43.2 Å². The molecule has 2 saturated carbocycles. The first-order valence-corrected chi connectivity index (χ1v) is 9.93. The second-order valence-corrected chi connectivity index (χ2v) is 8.12. The lowest BCUT2D eigenvalue weighted by molar-refractivity contribution is 0.296. The van der Waals surface area contributed by atoms with Crippen molar-refractivity contribution >= 4 is 11.8 Å². The summed E-state index contributed by atoms with van der Waals surface area (Å²) in [6.45, 7) is 1.31. The Balaban J connectivity index is 1.20. The molecule has 4 atom stereocenters. The quantitative estimate of drug-likeness (QED) is 0.811. The molecule has 2 bridgehead atoms. The molecule has 2 aromatic carbocycles. The van der Waals surface area contributed by atoms with Crippen LogP contribution < -0.4 is 0 Å². The maximum absolute atomic E-state index is 5.87. The van der Waals surface area contributed by atoms with E-state index < -0.39 is 0 Å². The van der Waals surface area contributed by atoms with Crippen molar-refractivity contribution in [1.82, 2.24) is 0 Å². The fraction of sp³-hybridized carbons (Fsp3) is 0.391. The zero-order valence-corrected chi connectivity index (χ0v) is 15.2. The summed E-state index contributed by atoms with van der Waals surface area (Å²) in [7, 11) is 0. The van der Waals surface area contributed by atoms with Gasteiger partial charge in [0.05, 0.1) is 12.1 Å². The van der Waals surface area contributed by atoms with Crippen molar-refractivity contribution in [2.45, 2.75) is 44.6 Å². The minimum Gasteiger partial charge on any atom is -0.473 e. The molecule has 4 nitrogen and oxygen atoms in total. The molecule has 2 heterocycles. The van der Waals surface area contributed by atoms with E-state index in [4.69, 9.17) is 19.5 Å². The molecule has 136 valence electrons. The van der Waals surface area contributed by atoms with Crippen molar-refractivity contribution < 1.29 is 9.47 Å². The van der Waals surface area contributed by atoms with E-state index >= 15 is 0 Å². The highest BCUT2D eigenvalue weighted by atomic mass is 16.5. The third-order valence-corrected chi connectivity index (χ3v) is 6.57. The largest absolute Gasteiger partial charge is 0.473 e. The van der Waals surface area contributed by atoms with E-state index in [0.29, 0.717) is 37.1 Å². The van der Waals surface area contributed by atoms with E-state index in [-0.39, 0.29) is 0 Å². The van der Waals surface area contributed by atoms with Gasteiger partial charge in [-0.1, -0.05) is 36.4 Å². The number of hydrogen-bond acceptors (Lipinski definition) is 4. The molecule has 0 amide bonds. The minimum absolute atomic E-state index is 0.379. The molecular weight excluding hydrogens is 336 g/mol. The van der Waals surface area contributed by atoms with Gasteiger partial charge in [0.2, 0.25) is 11.8 Å². The van der Waals surface area contributed by atoms with Crippen molar-refractivity contribution in [3.8, 4) is 0 Å². The van der Waals surface area contributed by atoms with Crippen LogP contribution in [0.5, 0.6) is 0 Å². The minimum atomic E-state index is 0.379. The summed E-state index contributed by atoms with van der Waals surface area (Å²) in [6, 6.07) is 17.5. The van der Waals surface area contributed by atoms with Gasteiger partial charge in [0.25, 0.3) is 0 Å². The Morgan fingerprint density at radius 3 is 1.59 bits per heavy atom. The third-order valence-electron chi connectivity index (χ3n) is 6.57. The van der Waals surface area contributed by atoms with Gasteiger partial charge in [0.1, 0.15) is 13.2 Å². The molecule has 6 rings (SSSR count). The summed E-state index contributed by atoms with van der Waals surface area (Å²) >= 11 is 0. The van der Waals surface area contributed by atoms with Gasteiger partial charge in [-0.2, -0.15) is 0 Å². The van der Waals surface area contributed by atoms with E-state index in [1.807, 2.05) is 0 Å². The smallest absolute Gasteiger partial charge is 0.217 e. The normalized spacial score (nSPS) is 33.2. The SMILES string of the molecule is c1ccc2c(c1)COC2=N[C@H]1C[C@@H]2C[C@H]1C[C@@H]2N=C1OCc2ccccc21. The van der Waals surface area contributed by atoms with Crippen LogP contribution in [0.15, 0.2) is 58.5 Å². The van der Waals surface area contributed by atoms with Crippen LogP contribution in [0, 0.1) is 11.8 Å². The summed E-state index contributed by atoms with van der Waals surface area (Å²) in [4.78, 5) is 10.0. The monoisotopic (exact) mass is 358 g/mol. The van der Waals surface area contributed by atoms with Crippen molar-refractivity contribution in [1.29, 1.82) is 0 Å². The van der Waals surface area contributed by atoms with Gasteiger partial charge in [-0.15, -0.1) is 0 Å². The number of hydrogen-bond donors (Lipinski definition) is 0. The number of nitrogens with zero attached hydrogens (tertiary/aromatic N) is 2. The van der Waals surface area contributed by atoms with Crippen LogP contribution in [-0.2, 0) is 22.7 Å². The number of ether oxygens (including phenoxy) is 2. The average molecular weight is 358 g/mol. The first-order chi connectivity index (χ1) is 13.3. The third kappa shape index (κ3) is 2.50. The van der Waals surface area contributed by atoms with Crippen molar-refractivity contribution in [2.24, 2.45) is 21.8 Å². The number of rotatable bonds is 2. The Morgan fingerprint density at radius 1 is 0.630 bits per heavy atom. The predicted octanol–water partition coefficient (Wildman–Crippen LogP) is 4.11. The van der Waals surface area contributed by atoms with Crippen LogP contribution >= 0.6 is 0 Å². The highest BCUT2D eigenvalue weighted by Gasteiger charge is 2.46. The van der Waals surface area contributed by atoms with Gasteiger partial charge in [0.15, 0.2) is 0 Å². The summed E-state index contributed by atoms with van der Waals surface area (Å²) in [5, 5.41) is 0. The van der Waals surface area contributed by atoms with Crippen molar-refractivity contribution in [3.05, 3.63) is 70.8 Å².